The van der Waals surface area contributed by atoms with Crippen LogP contribution in [0, 0.1) is 0 Å². The summed E-state index contributed by atoms with van der Waals surface area (Å²) < 4.78 is 0. The molecule has 1 aromatic heterocycles. The predicted molar refractivity (Wildman–Crippen MR) is 265 cm³/mol. The number of nitrogens with zero attached hydrogens (tertiary/aromatic N) is 2. The standard InChI is InChI=1S/C60H39N3S/c1-4-17-39(18-5-1)53-37-54(63-59(62-53)42-21-8-3-9-22-42)40-33-31-38(32-34-40)43-24-16-27-50-57(43)47-35-46-45(44-23-10-13-28-52(44)61-58(46)41-19-6-2-7-20-41)36-51(47)60(50)48-25-11-14-29-55(48)64-56-30-15-12-26-49(56)60/h1-37,59,63H. The van der Waals surface area contributed by atoms with Gasteiger partial charge < -0.3 is 5.32 Å². The van der Waals surface area contributed by atoms with Crippen LogP contribution < -0.4 is 5.32 Å². The van der Waals surface area contributed by atoms with Gasteiger partial charge in [0.05, 0.1) is 22.3 Å². The van der Waals surface area contributed by atoms with Crippen LogP contribution in [-0.2, 0) is 5.41 Å². The Morgan fingerprint density at radius 3 is 1.78 bits per heavy atom. The average molecular weight is 834 g/mol. The van der Waals surface area contributed by atoms with Crippen LogP contribution in [0.5, 0.6) is 0 Å². The summed E-state index contributed by atoms with van der Waals surface area (Å²) in [5.41, 5.74) is 18.1. The highest BCUT2D eigenvalue weighted by Crippen LogP contribution is 2.64. The number of hydrogen-bond donors (Lipinski definition) is 1. The number of fused-ring (bicyclic) bond motifs is 12. The van der Waals surface area contributed by atoms with Gasteiger partial charge in [0.2, 0.25) is 0 Å². The Labute approximate surface area is 376 Å². The zero-order valence-electron chi connectivity index (χ0n) is 34.7. The maximum atomic E-state index is 5.39. The fourth-order valence-corrected chi connectivity index (χ4v) is 11.7. The molecule has 10 aromatic rings. The van der Waals surface area contributed by atoms with Gasteiger partial charge in [0.15, 0.2) is 0 Å². The Balaban J connectivity index is 1.04. The van der Waals surface area contributed by atoms with E-state index in [9.17, 15) is 0 Å². The van der Waals surface area contributed by atoms with Crippen LogP contribution in [-0.4, -0.2) is 10.7 Å². The zero-order valence-corrected chi connectivity index (χ0v) is 35.6. The molecule has 4 heteroatoms. The third-order valence-corrected chi connectivity index (χ3v) is 14.5. The third-order valence-electron chi connectivity index (χ3n) is 13.4. The number of rotatable bonds is 5. The van der Waals surface area contributed by atoms with Gasteiger partial charge in [-0.1, -0.05) is 200 Å². The molecule has 1 spiro atoms. The lowest BCUT2D eigenvalue weighted by molar-refractivity contribution is 0.664. The van der Waals surface area contributed by atoms with E-state index in [2.05, 4.69) is 230 Å². The monoisotopic (exact) mass is 833 g/mol. The maximum absolute atomic E-state index is 5.39. The Kier molecular flexibility index (Phi) is 8.43. The summed E-state index contributed by atoms with van der Waals surface area (Å²) in [6.45, 7) is 0. The minimum absolute atomic E-state index is 0.206. The lowest BCUT2D eigenvalue weighted by Gasteiger charge is -2.39. The predicted octanol–water partition coefficient (Wildman–Crippen LogP) is 14.7. The molecule has 0 amide bonds. The molecule has 1 N–H and O–H groups in total. The van der Waals surface area contributed by atoms with Gasteiger partial charge in [0, 0.05) is 31.8 Å². The Bertz CT molecular complexity index is 3490. The van der Waals surface area contributed by atoms with Crippen molar-refractivity contribution in [2.24, 2.45) is 4.99 Å². The van der Waals surface area contributed by atoms with Crippen LogP contribution in [0.15, 0.2) is 239 Å². The van der Waals surface area contributed by atoms with Crippen LogP contribution in [0.4, 0.5) is 0 Å². The van der Waals surface area contributed by atoms with Gasteiger partial charge >= 0.3 is 0 Å². The summed E-state index contributed by atoms with van der Waals surface area (Å²) in [5.74, 6) is 0. The summed E-state index contributed by atoms with van der Waals surface area (Å²) in [6.07, 6.45) is 1.98. The lowest BCUT2D eigenvalue weighted by Crippen LogP contribution is -2.32. The molecule has 0 fully saturated rings. The zero-order chi connectivity index (χ0) is 42.2. The van der Waals surface area contributed by atoms with E-state index in [0.717, 1.165) is 55.6 Å². The van der Waals surface area contributed by atoms with E-state index in [1.165, 1.54) is 59.7 Å². The van der Waals surface area contributed by atoms with Crippen molar-refractivity contribution in [3.8, 4) is 33.5 Å². The van der Waals surface area contributed by atoms with Gasteiger partial charge in [-0.05, 0) is 103 Å². The summed E-state index contributed by atoms with van der Waals surface area (Å²) in [7, 11) is 0. The van der Waals surface area contributed by atoms with Crippen LogP contribution in [0.2, 0.25) is 0 Å². The molecule has 0 bridgehead atoms. The van der Waals surface area contributed by atoms with Gasteiger partial charge in [-0.2, -0.15) is 0 Å². The second-order valence-corrected chi connectivity index (χ2v) is 17.9. The highest BCUT2D eigenvalue weighted by atomic mass is 32.2. The van der Waals surface area contributed by atoms with Crippen LogP contribution >= 0.6 is 11.8 Å². The number of para-hydroxylation sites is 1. The molecule has 300 valence electrons. The molecular weight excluding hydrogens is 795 g/mol. The number of nitrogens with one attached hydrogen (secondary N) is 1. The summed E-state index contributed by atoms with van der Waals surface area (Å²) in [6, 6.07) is 79.5. The van der Waals surface area contributed by atoms with Gasteiger partial charge in [0.1, 0.15) is 6.17 Å². The Morgan fingerprint density at radius 1 is 0.438 bits per heavy atom. The molecule has 1 aliphatic carbocycles. The van der Waals surface area contributed by atoms with Crippen LogP contribution in [0.3, 0.4) is 0 Å². The van der Waals surface area contributed by atoms with E-state index >= 15 is 0 Å². The van der Waals surface area contributed by atoms with Crippen molar-refractivity contribution in [3.63, 3.8) is 0 Å². The number of pyridine rings is 1. The molecule has 0 saturated heterocycles. The summed E-state index contributed by atoms with van der Waals surface area (Å²) >= 11 is 1.88. The normalized spacial score (nSPS) is 15.4. The second kappa shape index (κ2) is 14.7. The molecule has 0 saturated carbocycles. The van der Waals surface area contributed by atoms with Crippen molar-refractivity contribution in [3.05, 3.63) is 263 Å². The topological polar surface area (TPSA) is 37.3 Å². The van der Waals surface area contributed by atoms with E-state index in [1.54, 1.807) is 0 Å². The Hall–Kier alpha value is -7.79. The SMILES string of the molecule is C1=C(c2ccc(-c3cccc4c3-c3cc5c(-c6ccccc6)nc6ccccc6c5cc3C43c4ccccc4Sc4ccccc43)cc2)NC(c2ccccc2)N=C1c1ccccc1. The smallest absolute Gasteiger partial charge is 0.145 e. The van der Waals surface area contributed by atoms with Gasteiger partial charge in [0.25, 0.3) is 0 Å². The fourth-order valence-electron chi connectivity index (χ4n) is 10.5. The van der Waals surface area contributed by atoms with E-state index in [0.29, 0.717) is 0 Å². The molecular formula is C60H39N3S. The van der Waals surface area contributed by atoms with Crippen molar-refractivity contribution >= 4 is 44.8 Å². The number of allylic oxidation sites excluding steroid dienone is 1. The summed E-state index contributed by atoms with van der Waals surface area (Å²) in [4.78, 5) is 13.2. The largest absolute Gasteiger partial charge is 0.360 e. The minimum atomic E-state index is -0.541. The van der Waals surface area contributed by atoms with Crippen LogP contribution in [0.25, 0.3) is 60.9 Å². The van der Waals surface area contributed by atoms with E-state index in [1.807, 2.05) is 11.8 Å². The van der Waals surface area contributed by atoms with Crippen molar-refractivity contribution in [1.82, 2.24) is 10.3 Å². The molecule has 3 aliphatic rings. The molecule has 3 nitrogen and oxygen atoms in total. The number of aromatic nitrogens is 1. The first kappa shape index (κ1) is 36.8. The molecule has 64 heavy (non-hydrogen) atoms. The first-order valence-electron chi connectivity index (χ1n) is 21.9. The van der Waals surface area contributed by atoms with Crippen molar-refractivity contribution in [1.29, 1.82) is 0 Å². The molecule has 1 unspecified atom stereocenters. The highest BCUT2D eigenvalue weighted by molar-refractivity contribution is 7.99. The highest BCUT2D eigenvalue weighted by Gasteiger charge is 2.51. The third kappa shape index (κ3) is 5.62. The molecule has 1 atom stereocenters. The van der Waals surface area contributed by atoms with E-state index in [-0.39, 0.29) is 6.17 Å². The van der Waals surface area contributed by atoms with Gasteiger partial charge in [-0.25, -0.2) is 4.98 Å². The van der Waals surface area contributed by atoms with Crippen LogP contribution in [0.1, 0.15) is 45.1 Å². The number of aliphatic imine (C=N–C) groups is 1. The van der Waals surface area contributed by atoms with E-state index in [4.69, 9.17) is 9.98 Å². The van der Waals surface area contributed by atoms with Gasteiger partial charge in [-0.15, -0.1) is 0 Å². The van der Waals surface area contributed by atoms with Crippen molar-refractivity contribution < 1.29 is 0 Å². The maximum Gasteiger partial charge on any atom is 0.145 e. The molecule has 3 heterocycles. The van der Waals surface area contributed by atoms with Gasteiger partial charge in [-0.3, -0.25) is 4.99 Å². The number of benzene rings is 9. The van der Waals surface area contributed by atoms with E-state index < -0.39 is 5.41 Å². The molecule has 2 aliphatic heterocycles. The quantitative estimate of drug-likeness (QED) is 0.176. The molecule has 0 radical (unpaired) electrons. The Morgan fingerprint density at radius 2 is 1.05 bits per heavy atom. The molecule has 13 rings (SSSR count). The average Bonchev–Trinajstić information content (AvgIpc) is 3.66. The molecule has 9 aromatic carbocycles. The summed E-state index contributed by atoms with van der Waals surface area (Å²) in [5, 5.41) is 7.31. The number of hydrogen-bond acceptors (Lipinski definition) is 4. The fraction of sp³-hybridized carbons (Fsp3) is 0.0333. The first-order valence-corrected chi connectivity index (χ1v) is 22.7. The first-order chi connectivity index (χ1) is 31.7. The second-order valence-electron chi connectivity index (χ2n) is 16.8. The minimum Gasteiger partial charge on any atom is -0.360 e. The van der Waals surface area contributed by atoms with Crippen molar-refractivity contribution in [2.45, 2.75) is 21.4 Å². The van der Waals surface area contributed by atoms with Crippen molar-refractivity contribution in [2.75, 3.05) is 0 Å². The lowest BCUT2D eigenvalue weighted by atomic mass is 9.67.